The summed E-state index contributed by atoms with van der Waals surface area (Å²) in [6, 6.07) is 10.3. The fourth-order valence-corrected chi connectivity index (χ4v) is 3.77. The highest BCUT2D eigenvalue weighted by molar-refractivity contribution is 5.81. The second kappa shape index (κ2) is 9.75. The van der Waals surface area contributed by atoms with E-state index in [1.807, 2.05) is 28.0 Å². The molecular weight excluding hydrogens is 324 g/mol. The van der Waals surface area contributed by atoms with E-state index in [2.05, 4.69) is 39.8 Å². The van der Waals surface area contributed by atoms with Gasteiger partial charge in [-0.05, 0) is 45.1 Å². The predicted molar refractivity (Wildman–Crippen MR) is 106 cm³/mol. The molecule has 1 aliphatic heterocycles. The van der Waals surface area contributed by atoms with Gasteiger partial charge in [-0.1, -0.05) is 44.2 Å². The first-order chi connectivity index (χ1) is 12.5. The van der Waals surface area contributed by atoms with E-state index < -0.39 is 0 Å². The summed E-state index contributed by atoms with van der Waals surface area (Å²) in [6.07, 6.45) is 3.35. The van der Waals surface area contributed by atoms with Crippen molar-refractivity contribution < 1.29 is 9.59 Å². The maximum Gasteiger partial charge on any atom is 0.226 e. The molecule has 1 saturated heterocycles. The molecule has 2 rings (SSSR count). The van der Waals surface area contributed by atoms with Crippen molar-refractivity contribution in [3.63, 3.8) is 0 Å². The van der Waals surface area contributed by atoms with E-state index in [1.165, 1.54) is 0 Å². The van der Waals surface area contributed by atoms with Crippen molar-refractivity contribution in [3.8, 4) is 0 Å². The van der Waals surface area contributed by atoms with Gasteiger partial charge < -0.3 is 9.80 Å². The topological polar surface area (TPSA) is 40.6 Å². The number of carbonyl (C=O) groups is 2. The molecule has 4 heteroatoms. The molecule has 1 aromatic rings. The van der Waals surface area contributed by atoms with Gasteiger partial charge in [0.2, 0.25) is 11.8 Å². The highest BCUT2D eigenvalue weighted by Crippen LogP contribution is 2.24. The molecule has 26 heavy (non-hydrogen) atoms. The molecule has 0 spiro atoms. The number of amides is 2. The maximum absolute atomic E-state index is 13.1. The average molecular weight is 359 g/mol. The van der Waals surface area contributed by atoms with Crippen LogP contribution in [-0.4, -0.2) is 40.7 Å². The molecule has 0 saturated carbocycles. The molecule has 1 fully saturated rings. The van der Waals surface area contributed by atoms with Crippen molar-refractivity contribution in [2.75, 3.05) is 13.1 Å². The van der Waals surface area contributed by atoms with E-state index in [9.17, 15) is 9.59 Å². The SMILES string of the molecule is CCC(CC)C(=O)N1CCC(C(=O)N(Cc2ccccc2)C(C)C)CC1. The van der Waals surface area contributed by atoms with Crippen molar-refractivity contribution in [2.24, 2.45) is 11.8 Å². The molecule has 0 unspecified atom stereocenters. The van der Waals surface area contributed by atoms with Gasteiger partial charge >= 0.3 is 0 Å². The van der Waals surface area contributed by atoms with Crippen LogP contribution in [0.1, 0.15) is 58.9 Å². The number of rotatable bonds is 7. The first-order valence-electron chi connectivity index (χ1n) is 10.1. The van der Waals surface area contributed by atoms with E-state index in [-0.39, 0.29) is 29.7 Å². The van der Waals surface area contributed by atoms with Gasteiger partial charge in [0.25, 0.3) is 0 Å². The zero-order valence-electron chi connectivity index (χ0n) is 16.8. The minimum atomic E-state index is 0.0341. The monoisotopic (exact) mass is 358 g/mol. The second-order valence-corrected chi connectivity index (χ2v) is 7.66. The number of benzene rings is 1. The summed E-state index contributed by atoms with van der Waals surface area (Å²) in [5, 5.41) is 0. The molecule has 0 atom stereocenters. The van der Waals surface area contributed by atoms with Gasteiger partial charge in [0.1, 0.15) is 0 Å². The Labute approximate surface area is 158 Å². The third-order valence-corrected chi connectivity index (χ3v) is 5.59. The van der Waals surface area contributed by atoms with E-state index in [0.717, 1.165) is 31.2 Å². The first kappa shape index (κ1) is 20.5. The van der Waals surface area contributed by atoms with Gasteiger partial charge in [0, 0.05) is 37.5 Å². The van der Waals surface area contributed by atoms with Crippen molar-refractivity contribution in [1.29, 1.82) is 0 Å². The van der Waals surface area contributed by atoms with Crippen LogP contribution < -0.4 is 0 Å². The van der Waals surface area contributed by atoms with Crippen LogP contribution in [0.5, 0.6) is 0 Å². The Bertz CT molecular complexity index is 573. The van der Waals surface area contributed by atoms with Gasteiger partial charge in [-0.25, -0.2) is 0 Å². The van der Waals surface area contributed by atoms with Crippen molar-refractivity contribution in [1.82, 2.24) is 9.80 Å². The van der Waals surface area contributed by atoms with Crippen molar-refractivity contribution >= 4 is 11.8 Å². The normalized spacial score (nSPS) is 15.5. The fraction of sp³-hybridized carbons (Fsp3) is 0.636. The number of hydrogen-bond donors (Lipinski definition) is 0. The number of likely N-dealkylation sites (tertiary alicyclic amines) is 1. The molecule has 0 aromatic heterocycles. The van der Waals surface area contributed by atoms with Gasteiger partial charge in [-0.15, -0.1) is 0 Å². The second-order valence-electron chi connectivity index (χ2n) is 7.66. The zero-order chi connectivity index (χ0) is 19.1. The van der Waals surface area contributed by atoms with Crippen LogP contribution >= 0.6 is 0 Å². The Kier molecular flexibility index (Phi) is 7.67. The number of hydrogen-bond acceptors (Lipinski definition) is 2. The zero-order valence-corrected chi connectivity index (χ0v) is 16.8. The Morgan fingerprint density at radius 1 is 1.08 bits per heavy atom. The predicted octanol–water partition coefficient (Wildman–Crippen LogP) is 4.10. The minimum absolute atomic E-state index is 0.0341. The molecule has 0 N–H and O–H groups in total. The van der Waals surface area contributed by atoms with Crippen LogP contribution in [0.15, 0.2) is 30.3 Å². The fourth-order valence-electron chi connectivity index (χ4n) is 3.77. The molecule has 4 nitrogen and oxygen atoms in total. The van der Waals surface area contributed by atoms with Crippen LogP contribution in [-0.2, 0) is 16.1 Å². The summed E-state index contributed by atoms with van der Waals surface area (Å²) in [6.45, 7) is 10.4. The van der Waals surface area contributed by atoms with E-state index >= 15 is 0 Å². The molecule has 0 bridgehead atoms. The lowest BCUT2D eigenvalue weighted by Crippen LogP contribution is -2.47. The van der Waals surface area contributed by atoms with E-state index in [4.69, 9.17) is 0 Å². The van der Waals surface area contributed by atoms with Crippen LogP contribution in [0.25, 0.3) is 0 Å². The molecule has 1 heterocycles. The summed E-state index contributed by atoms with van der Waals surface area (Å²) in [4.78, 5) is 29.6. The van der Waals surface area contributed by atoms with Gasteiger partial charge in [0.15, 0.2) is 0 Å². The maximum atomic E-state index is 13.1. The van der Waals surface area contributed by atoms with Gasteiger partial charge in [0.05, 0.1) is 0 Å². The smallest absolute Gasteiger partial charge is 0.226 e. The molecule has 0 aliphatic carbocycles. The largest absolute Gasteiger partial charge is 0.342 e. The average Bonchev–Trinajstić information content (AvgIpc) is 2.67. The molecule has 0 radical (unpaired) electrons. The summed E-state index contributed by atoms with van der Waals surface area (Å²) < 4.78 is 0. The molecular formula is C22H34N2O2. The lowest BCUT2D eigenvalue weighted by Gasteiger charge is -2.37. The van der Waals surface area contributed by atoms with E-state index in [1.54, 1.807) is 0 Å². The van der Waals surface area contributed by atoms with Crippen molar-refractivity contribution in [3.05, 3.63) is 35.9 Å². The summed E-state index contributed by atoms with van der Waals surface area (Å²) >= 11 is 0. The summed E-state index contributed by atoms with van der Waals surface area (Å²) in [7, 11) is 0. The quantitative estimate of drug-likeness (QED) is 0.736. The molecule has 1 aliphatic rings. The standard InChI is InChI=1S/C22H34N2O2/c1-5-19(6-2)21(25)23-14-12-20(13-15-23)22(26)24(17(3)4)16-18-10-8-7-9-11-18/h7-11,17,19-20H,5-6,12-16H2,1-4H3. The third kappa shape index (κ3) is 5.09. The summed E-state index contributed by atoms with van der Waals surface area (Å²) in [5.74, 6) is 0.670. The Morgan fingerprint density at radius 3 is 2.15 bits per heavy atom. The number of carbonyl (C=O) groups excluding carboxylic acids is 2. The van der Waals surface area contributed by atoms with Crippen LogP contribution in [0.4, 0.5) is 0 Å². The van der Waals surface area contributed by atoms with Gasteiger partial charge in [-0.2, -0.15) is 0 Å². The van der Waals surface area contributed by atoms with Crippen LogP contribution in [0, 0.1) is 11.8 Å². The third-order valence-electron chi connectivity index (χ3n) is 5.59. The minimum Gasteiger partial charge on any atom is -0.342 e. The summed E-state index contributed by atoms with van der Waals surface area (Å²) in [5.41, 5.74) is 1.16. The molecule has 1 aromatic carbocycles. The van der Waals surface area contributed by atoms with Crippen LogP contribution in [0.2, 0.25) is 0 Å². The Hall–Kier alpha value is -1.84. The molecule has 2 amide bonds. The Morgan fingerprint density at radius 2 is 1.65 bits per heavy atom. The lowest BCUT2D eigenvalue weighted by molar-refractivity contribution is -0.144. The van der Waals surface area contributed by atoms with E-state index in [0.29, 0.717) is 19.6 Å². The van der Waals surface area contributed by atoms with Crippen LogP contribution in [0.3, 0.4) is 0 Å². The van der Waals surface area contributed by atoms with Gasteiger partial charge in [-0.3, -0.25) is 9.59 Å². The van der Waals surface area contributed by atoms with Crippen molar-refractivity contribution in [2.45, 2.75) is 66.0 Å². The molecule has 144 valence electrons. The Balaban J connectivity index is 1.96. The number of nitrogens with zero attached hydrogens (tertiary/aromatic N) is 2. The lowest BCUT2D eigenvalue weighted by atomic mass is 9.92. The highest BCUT2D eigenvalue weighted by atomic mass is 16.2. The first-order valence-corrected chi connectivity index (χ1v) is 10.1. The highest BCUT2D eigenvalue weighted by Gasteiger charge is 2.32. The number of piperidine rings is 1.